The summed E-state index contributed by atoms with van der Waals surface area (Å²) in [4.78, 5) is 26.8. The summed E-state index contributed by atoms with van der Waals surface area (Å²) in [7, 11) is 0. The fraction of sp³-hybridized carbons (Fsp3) is 0.619. The minimum absolute atomic E-state index is 0.0565. The van der Waals surface area contributed by atoms with Gasteiger partial charge in [-0.15, -0.1) is 0 Å². The molecule has 0 aromatic heterocycles. The number of Topliss-reactive ketones (excluding diaryl/α,β-unsaturated/α-hetero) is 1. The second kappa shape index (κ2) is 5.41. The number of nitrogens with zero attached hydrogens (tertiary/aromatic N) is 1. The quantitative estimate of drug-likeness (QED) is 0.921. The molecule has 2 bridgehead atoms. The van der Waals surface area contributed by atoms with Crippen molar-refractivity contribution in [1.29, 1.82) is 0 Å². The Kier molecular flexibility index (Phi) is 3.37. The fourth-order valence-corrected chi connectivity index (χ4v) is 5.92. The van der Waals surface area contributed by atoms with Crippen LogP contribution in [0.15, 0.2) is 18.2 Å². The number of primary amides is 1. The maximum Gasteiger partial charge on any atom is 0.248 e. The van der Waals surface area contributed by atoms with Crippen LogP contribution in [0.2, 0.25) is 0 Å². The third-order valence-corrected chi connectivity index (χ3v) is 7.28. The van der Waals surface area contributed by atoms with Gasteiger partial charge in [0.1, 0.15) is 5.78 Å². The SMILES string of the molecule is NC(=O)c1ccc2c(c1)[C@]13CCN(CC4CC4)C(C2)[C@@H]1CCC(=O)C3. The first-order valence-electron chi connectivity index (χ1n) is 9.76. The second-order valence-corrected chi connectivity index (χ2v) is 8.71. The normalized spacial score (nSPS) is 34.3. The minimum Gasteiger partial charge on any atom is -0.366 e. The van der Waals surface area contributed by atoms with Crippen molar-refractivity contribution < 1.29 is 9.59 Å². The summed E-state index contributed by atoms with van der Waals surface area (Å²) in [6.45, 7) is 2.32. The first kappa shape index (κ1) is 15.6. The Balaban J connectivity index is 1.60. The number of hydrogen-bond acceptors (Lipinski definition) is 3. The second-order valence-electron chi connectivity index (χ2n) is 8.71. The summed E-state index contributed by atoms with van der Waals surface area (Å²) >= 11 is 0. The third-order valence-electron chi connectivity index (χ3n) is 7.28. The van der Waals surface area contributed by atoms with E-state index >= 15 is 0 Å². The molecule has 4 nitrogen and oxygen atoms in total. The molecule has 4 heteroatoms. The van der Waals surface area contributed by atoms with Crippen molar-refractivity contribution in [2.24, 2.45) is 17.6 Å². The maximum absolute atomic E-state index is 12.4. The van der Waals surface area contributed by atoms with Gasteiger partial charge < -0.3 is 5.73 Å². The first-order valence-corrected chi connectivity index (χ1v) is 9.76. The molecule has 3 atom stereocenters. The number of benzene rings is 1. The topological polar surface area (TPSA) is 63.4 Å². The smallest absolute Gasteiger partial charge is 0.248 e. The van der Waals surface area contributed by atoms with Crippen molar-refractivity contribution in [2.45, 2.75) is 56.4 Å². The van der Waals surface area contributed by atoms with Gasteiger partial charge in [-0.3, -0.25) is 14.5 Å². The lowest BCUT2D eigenvalue weighted by Gasteiger charge is -2.58. The lowest BCUT2D eigenvalue weighted by molar-refractivity contribution is -0.127. The number of carbonyl (C=O) groups excluding carboxylic acids is 2. The maximum atomic E-state index is 12.4. The van der Waals surface area contributed by atoms with Crippen molar-refractivity contribution in [3.8, 4) is 0 Å². The molecule has 2 saturated carbocycles. The molecule has 4 aliphatic rings. The molecule has 1 aromatic rings. The molecule has 0 spiro atoms. The highest BCUT2D eigenvalue weighted by molar-refractivity contribution is 5.93. The summed E-state index contributed by atoms with van der Waals surface area (Å²) in [5.74, 6) is 1.47. The average molecular weight is 338 g/mol. The van der Waals surface area contributed by atoms with E-state index in [4.69, 9.17) is 5.73 Å². The number of piperidine rings is 1. The Hall–Kier alpha value is -1.68. The molecule has 0 radical (unpaired) electrons. The Morgan fingerprint density at radius 1 is 1.28 bits per heavy atom. The van der Waals surface area contributed by atoms with Gasteiger partial charge in [-0.2, -0.15) is 0 Å². The van der Waals surface area contributed by atoms with Crippen molar-refractivity contribution in [2.75, 3.05) is 13.1 Å². The lowest BCUT2D eigenvalue weighted by atomic mass is 9.52. The molecule has 3 aliphatic carbocycles. The van der Waals surface area contributed by atoms with Crippen LogP contribution < -0.4 is 5.73 Å². The molecule has 1 saturated heterocycles. The number of hydrogen-bond donors (Lipinski definition) is 1. The van der Waals surface area contributed by atoms with E-state index in [9.17, 15) is 9.59 Å². The van der Waals surface area contributed by atoms with E-state index in [1.54, 1.807) is 0 Å². The summed E-state index contributed by atoms with van der Waals surface area (Å²) in [5, 5.41) is 0. The molecule has 1 heterocycles. The summed E-state index contributed by atoms with van der Waals surface area (Å²) in [6, 6.07) is 6.54. The highest BCUT2D eigenvalue weighted by Crippen LogP contribution is 2.55. The van der Waals surface area contributed by atoms with Gasteiger partial charge in [-0.25, -0.2) is 0 Å². The van der Waals surface area contributed by atoms with Gasteiger partial charge in [0.25, 0.3) is 0 Å². The Bertz CT molecular complexity index is 754. The first-order chi connectivity index (χ1) is 12.1. The van der Waals surface area contributed by atoms with Crippen LogP contribution in [-0.2, 0) is 16.6 Å². The minimum atomic E-state index is -0.369. The van der Waals surface area contributed by atoms with Gasteiger partial charge in [0.15, 0.2) is 0 Å². The van der Waals surface area contributed by atoms with Gasteiger partial charge in [0.05, 0.1) is 0 Å². The van der Waals surface area contributed by atoms with Gasteiger partial charge >= 0.3 is 0 Å². The largest absolute Gasteiger partial charge is 0.366 e. The number of nitrogens with two attached hydrogens (primary N) is 1. The molecule has 1 amide bonds. The molecule has 3 fully saturated rings. The van der Waals surface area contributed by atoms with Crippen LogP contribution in [0.5, 0.6) is 0 Å². The number of ketones is 1. The molecular weight excluding hydrogens is 312 g/mol. The van der Waals surface area contributed by atoms with Gasteiger partial charge in [-0.1, -0.05) is 6.07 Å². The average Bonchev–Trinajstić information content (AvgIpc) is 3.40. The Labute approximate surface area is 148 Å². The van der Waals surface area contributed by atoms with Crippen LogP contribution in [0.3, 0.4) is 0 Å². The zero-order valence-electron chi connectivity index (χ0n) is 14.7. The van der Waals surface area contributed by atoms with Crippen LogP contribution in [0.4, 0.5) is 0 Å². The molecule has 2 N–H and O–H groups in total. The van der Waals surface area contributed by atoms with E-state index in [0.29, 0.717) is 29.7 Å². The van der Waals surface area contributed by atoms with E-state index in [1.807, 2.05) is 12.1 Å². The van der Waals surface area contributed by atoms with E-state index in [0.717, 1.165) is 38.1 Å². The van der Waals surface area contributed by atoms with Crippen molar-refractivity contribution in [3.05, 3.63) is 34.9 Å². The third kappa shape index (κ3) is 2.37. The Morgan fingerprint density at radius 3 is 2.88 bits per heavy atom. The fourth-order valence-electron chi connectivity index (χ4n) is 5.92. The van der Waals surface area contributed by atoms with E-state index in [2.05, 4.69) is 11.0 Å². The van der Waals surface area contributed by atoms with E-state index < -0.39 is 0 Å². The summed E-state index contributed by atoms with van der Waals surface area (Å²) in [6.07, 6.45) is 7.26. The number of amides is 1. The van der Waals surface area contributed by atoms with Crippen LogP contribution in [-0.4, -0.2) is 35.7 Å². The molecule has 132 valence electrons. The predicted octanol–water partition coefficient (Wildman–Crippen LogP) is 2.43. The highest BCUT2D eigenvalue weighted by atomic mass is 16.1. The summed E-state index contributed by atoms with van der Waals surface area (Å²) in [5.41, 5.74) is 8.66. The number of fused-ring (bicyclic) bond motifs is 1. The molecule has 1 aromatic carbocycles. The molecule has 5 rings (SSSR count). The van der Waals surface area contributed by atoms with Gasteiger partial charge in [0.2, 0.25) is 5.91 Å². The number of likely N-dealkylation sites (tertiary alicyclic amines) is 1. The van der Waals surface area contributed by atoms with Crippen LogP contribution in [0, 0.1) is 11.8 Å². The monoisotopic (exact) mass is 338 g/mol. The van der Waals surface area contributed by atoms with Crippen LogP contribution in [0.1, 0.15) is 60.0 Å². The van der Waals surface area contributed by atoms with Crippen LogP contribution in [0.25, 0.3) is 0 Å². The lowest BCUT2D eigenvalue weighted by Crippen LogP contribution is -2.62. The molecule has 25 heavy (non-hydrogen) atoms. The van der Waals surface area contributed by atoms with Gasteiger partial charge in [0, 0.05) is 36.4 Å². The highest BCUT2D eigenvalue weighted by Gasteiger charge is 2.55. The summed E-state index contributed by atoms with van der Waals surface area (Å²) < 4.78 is 0. The van der Waals surface area contributed by atoms with Crippen LogP contribution >= 0.6 is 0 Å². The van der Waals surface area contributed by atoms with E-state index in [-0.39, 0.29) is 11.3 Å². The molecule has 1 aliphatic heterocycles. The zero-order valence-corrected chi connectivity index (χ0v) is 14.7. The Morgan fingerprint density at radius 2 is 2.12 bits per heavy atom. The van der Waals surface area contributed by atoms with E-state index in [1.165, 1.54) is 30.5 Å². The number of carbonyl (C=O) groups is 2. The number of rotatable bonds is 3. The van der Waals surface area contributed by atoms with Crippen molar-refractivity contribution in [1.82, 2.24) is 4.90 Å². The molecular formula is C21H26N2O2. The molecule has 1 unspecified atom stereocenters. The van der Waals surface area contributed by atoms with Crippen molar-refractivity contribution >= 4 is 11.7 Å². The standard InChI is InChI=1S/C21H26N2O2/c22-20(25)15-4-3-14-10-19-17-6-5-16(24)11-21(17,18(14)9-15)7-8-23(19)12-13-1-2-13/h3-4,9,13,17,19H,1-2,5-8,10-12H2,(H2,22,25)/t17-,19?,21-/m0/s1. The van der Waals surface area contributed by atoms with Gasteiger partial charge in [-0.05, 0) is 73.7 Å². The predicted molar refractivity (Wildman–Crippen MR) is 95.4 cm³/mol. The zero-order chi connectivity index (χ0) is 17.2. The van der Waals surface area contributed by atoms with Crippen molar-refractivity contribution in [3.63, 3.8) is 0 Å².